The molecule has 1 aliphatic carbocycles. The minimum absolute atomic E-state index is 0.141. The molecule has 2 heterocycles. The van der Waals surface area contributed by atoms with Crippen molar-refractivity contribution < 1.29 is 14.7 Å². The van der Waals surface area contributed by atoms with E-state index in [1.54, 1.807) is 0 Å². The van der Waals surface area contributed by atoms with Gasteiger partial charge in [-0.1, -0.05) is 24.5 Å². The molecule has 1 saturated carbocycles. The molecule has 3 fully saturated rings. The van der Waals surface area contributed by atoms with E-state index in [-0.39, 0.29) is 17.2 Å². The maximum atomic E-state index is 12.8. The lowest BCUT2D eigenvalue weighted by Crippen LogP contribution is -2.46. The SMILES string of the molecule is CC(C)=CCN1CCC2(CC1)CN(C(=O)C1CCCC1)CC2C(=O)O. The van der Waals surface area contributed by atoms with Crippen LogP contribution in [-0.2, 0) is 9.59 Å². The lowest BCUT2D eigenvalue weighted by atomic mass is 9.71. The second-order valence-electron chi connectivity index (χ2n) is 8.54. The number of piperidine rings is 1. The molecule has 0 bridgehead atoms. The van der Waals surface area contributed by atoms with Crippen LogP contribution in [0.3, 0.4) is 0 Å². The Balaban J connectivity index is 1.66. The largest absolute Gasteiger partial charge is 0.481 e. The second kappa shape index (κ2) is 7.48. The van der Waals surface area contributed by atoms with Crippen molar-refractivity contribution in [1.29, 1.82) is 0 Å². The van der Waals surface area contributed by atoms with Crippen LogP contribution in [0, 0.1) is 17.3 Å². The van der Waals surface area contributed by atoms with Gasteiger partial charge in [-0.3, -0.25) is 14.5 Å². The van der Waals surface area contributed by atoms with Crippen LogP contribution < -0.4 is 0 Å². The molecule has 0 aromatic carbocycles. The van der Waals surface area contributed by atoms with E-state index in [1.165, 1.54) is 5.57 Å². The lowest BCUT2D eigenvalue weighted by Gasteiger charge is -2.41. The Labute approximate surface area is 151 Å². The standard InChI is InChI=1S/C20H32N2O3/c1-15(2)7-10-21-11-8-20(9-12-21)14-22(13-17(20)19(24)25)18(23)16-5-3-4-6-16/h7,16-17H,3-6,8-14H2,1-2H3,(H,24,25). The van der Waals surface area contributed by atoms with Crippen LogP contribution >= 0.6 is 0 Å². The topological polar surface area (TPSA) is 60.9 Å². The Morgan fingerprint density at radius 1 is 1.16 bits per heavy atom. The Kier molecular flexibility index (Phi) is 5.52. The van der Waals surface area contributed by atoms with Crippen molar-refractivity contribution in [2.75, 3.05) is 32.7 Å². The van der Waals surface area contributed by atoms with E-state index in [2.05, 4.69) is 24.8 Å². The summed E-state index contributed by atoms with van der Waals surface area (Å²) in [5.74, 6) is -0.766. The first-order chi connectivity index (χ1) is 11.9. The van der Waals surface area contributed by atoms with E-state index in [0.717, 1.165) is 58.2 Å². The van der Waals surface area contributed by atoms with Gasteiger partial charge in [0, 0.05) is 31.0 Å². The van der Waals surface area contributed by atoms with Crippen LogP contribution in [0.4, 0.5) is 0 Å². The first-order valence-corrected chi connectivity index (χ1v) is 9.78. The molecule has 0 aromatic heterocycles. The quantitative estimate of drug-likeness (QED) is 0.794. The molecule has 1 unspecified atom stereocenters. The van der Waals surface area contributed by atoms with E-state index >= 15 is 0 Å². The molecule has 3 aliphatic rings. The highest BCUT2D eigenvalue weighted by atomic mass is 16.4. The van der Waals surface area contributed by atoms with E-state index < -0.39 is 11.9 Å². The van der Waals surface area contributed by atoms with E-state index in [4.69, 9.17) is 0 Å². The number of allylic oxidation sites excluding steroid dienone is 1. The molecule has 2 aliphatic heterocycles. The van der Waals surface area contributed by atoms with Gasteiger partial charge in [-0.25, -0.2) is 0 Å². The van der Waals surface area contributed by atoms with Crippen molar-refractivity contribution in [3.63, 3.8) is 0 Å². The third-order valence-corrected chi connectivity index (χ3v) is 6.57. The fraction of sp³-hybridized carbons (Fsp3) is 0.800. The molecule has 5 nitrogen and oxygen atoms in total. The van der Waals surface area contributed by atoms with Gasteiger partial charge in [-0.2, -0.15) is 0 Å². The zero-order valence-corrected chi connectivity index (χ0v) is 15.7. The van der Waals surface area contributed by atoms with Crippen molar-refractivity contribution in [2.24, 2.45) is 17.3 Å². The van der Waals surface area contributed by atoms with Gasteiger partial charge >= 0.3 is 5.97 Å². The second-order valence-corrected chi connectivity index (χ2v) is 8.54. The van der Waals surface area contributed by atoms with Crippen LogP contribution in [0.1, 0.15) is 52.4 Å². The summed E-state index contributed by atoms with van der Waals surface area (Å²) in [5, 5.41) is 9.78. The Hall–Kier alpha value is -1.36. The molecule has 3 rings (SSSR count). The molecule has 1 N–H and O–H groups in total. The average Bonchev–Trinajstić information content (AvgIpc) is 3.22. The molecule has 140 valence electrons. The highest BCUT2D eigenvalue weighted by Crippen LogP contribution is 2.45. The normalized spacial score (nSPS) is 27.0. The maximum absolute atomic E-state index is 12.8. The number of rotatable bonds is 4. The molecular weight excluding hydrogens is 316 g/mol. The Morgan fingerprint density at radius 3 is 2.36 bits per heavy atom. The van der Waals surface area contributed by atoms with E-state index in [9.17, 15) is 14.7 Å². The molecule has 2 saturated heterocycles. The summed E-state index contributed by atoms with van der Waals surface area (Å²) >= 11 is 0. The summed E-state index contributed by atoms with van der Waals surface area (Å²) in [6, 6.07) is 0. The van der Waals surface area contributed by atoms with Crippen molar-refractivity contribution in [3.8, 4) is 0 Å². The smallest absolute Gasteiger partial charge is 0.308 e. The summed E-state index contributed by atoms with van der Waals surface area (Å²) in [4.78, 5) is 29.0. The number of carboxylic acid groups (broad SMARTS) is 1. The first-order valence-electron chi connectivity index (χ1n) is 9.78. The van der Waals surface area contributed by atoms with Crippen molar-refractivity contribution in [1.82, 2.24) is 9.80 Å². The summed E-state index contributed by atoms with van der Waals surface area (Å²) in [7, 11) is 0. The van der Waals surface area contributed by atoms with Crippen LogP contribution in [0.15, 0.2) is 11.6 Å². The number of hydrogen-bond acceptors (Lipinski definition) is 3. The van der Waals surface area contributed by atoms with Gasteiger partial charge in [-0.15, -0.1) is 0 Å². The van der Waals surface area contributed by atoms with Crippen molar-refractivity contribution in [3.05, 3.63) is 11.6 Å². The number of nitrogens with zero attached hydrogens (tertiary/aromatic N) is 2. The minimum atomic E-state index is -0.723. The highest BCUT2D eigenvalue weighted by Gasteiger charge is 2.52. The summed E-state index contributed by atoms with van der Waals surface area (Å²) < 4.78 is 0. The average molecular weight is 348 g/mol. The van der Waals surface area contributed by atoms with Gasteiger partial charge in [0.2, 0.25) is 5.91 Å². The fourth-order valence-corrected chi connectivity index (χ4v) is 4.91. The molecule has 1 spiro atoms. The number of amides is 1. The molecule has 0 aromatic rings. The van der Waals surface area contributed by atoms with Gasteiger partial charge in [0.25, 0.3) is 0 Å². The lowest BCUT2D eigenvalue weighted by molar-refractivity contribution is -0.145. The summed E-state index contributed by atoms with van der Waals surface area (Å²) in [5.41, 5.74) is 1.10. The molecule has 1 atom stereocenters. The van der Waals surface area contributed by atoms with Gasteiger partial charge in [0.05, 0.1) is 5.92 Å². The number of likely N-dealkylation sites (tertiary alicyclic amines) is 2. The summed E-state index contributed by atoms with van der Waals surface area (Å²) in [6.07, 6.45) is 8.24. The highest BCUT2D eigenvalue weighted by molar-refractivity contribution is 5.81. The summed E-state index contributed by atoms with van der Waals surface area (Å²) in [6.45, 7) is 8.08. The zero-order valence-electron chi connectivity index (χ0n) is 15.7. The van der Waals surface area contributed by atoms with E-state index in [1.807, 2.05) is 4.90 Å². The van der Waals surface area contributed by atoms with Gasteiger partial charge in [0.1, 0.15) is 0 Å². The van der Waals surface area contributed by atoms with Gasteiger partial charge in [-0.05, 0) is 52.6 Å². The monoisotopic (exact) mass is 348 g/mol. The molecule has 1 amide bonds. The van der Waals surface area contributed by atoms with Crippen molar-refractivity contribution >= 4 is 11.9 Å². The van der Waals surface area contributed by atoms with Crippen molar-refractivity contribution in [2.45, 2.75) is 52.4 Å². The zero-order chi connectivity index (χ0) is 18.0. The predicted octanol–water partition coefficient (Wildman–Crippen LogP) is 2.77. The fourth-order valence-electron chi connectivity index (χ4n) is 4.91. The number of carbonyl (C=O) groups excluding carboxylic acids is 1. The number of carboxylic acids is 1. The van der Waals surface area contributed by atoms with Crippen LogP contribution in [0.5, 0.6) is 0 Å². The molecular formula is C20H32N2O3. The predicted molar refractivity (Wildman–Crippen MR) is 97.2 cm³/mol. The third kappa shape index (κ3) is 3.91. The molecule has 25 heavy (non-hydrogen) atoms. The molecule has 0 radical (unpaired) electrons. The maximum Gasteiger partial charge on any atom is 0.308 e. The van der Waals surface area contributed by atoms with E-state index in [0.29, 0.717) is 13.1 Å². The number of hydrogen-bond donors (Lipinski definition) is 1. The Bertz CT molecular complexity index is 539. The number of carbonyl (C=O) groups is 2. The minimum Gasteiger partial charge on any atom is -0.481 e. The van der Waals surface area contributed by atoms with Crippen LogP contribution in [-0.4, -0.2) is 59.5 Å². The van der Waals surface area contributed by atoms with Gasteiger partial charge in [0.15, 0.2) is 0 Å². The Morgan fingerprint density at radius 2 is 1.80 bits per heavy atom. The third-order valence-electron chi connectivity index (χ3n) is 6.57. The van der Waals surface area contributed by atoms with Crippen LogP contribution in [0.25, 0.3) is 0 Å². The number of aliphatic carboxylic acids is 1. The molecule has 5 heteroatoms. The first kappa shape index (κ1) is 18.4. The van der Waals surface area contributed by atoms with Gasteiger partial charge < -0.3 is 10.0 Å². The van der Waals surface area contributed by atoms with Crippen LogP contribution in [0.2, 0.25) is 0 Å².